The van der Waals surface area contributed by atoms with E-state index in [1.807, 2.05) is 0 Å². The summed E-state index contributed by atoms with van der Waals surface area (Å²) in [5.41, 5.74) is 3.14. The van der Waals surface area contributed by atoms with Crippen molar-refractivity contribution >= 4 is 0 Å². The van der Waals surface area contributed by atoms with Crippen molar-refractivity contribution in [3.8, 4) is 0 Å². The lowest BCUT2D eigenvalue weighted by atomic mass is 9.46. The lowest BCUT2D eigenvalue weighted by Gasteiger charge is -2.59. The van der Waals surface area contributed by atoms with Gasteiger partial charge in [0, 0.05) is 17.8 Å². The molecule has 0 aromatic carbocycles. The molecule has 4 aliphatic carbocycles. The van der Waals surface area contributed by atoms with Gasteiger partial charge in [-0.3, -0.25) is 0 Å². The molecule has 0 aromatic heterocycles. The third-order valence-electron chi connectivity index (χ3n) is 11.2. The molecule has 0 unspecified atom stereocenters. The molecule has 0 aromatic rings. The molecule has 1 spiro atoms. The first kappa shape index (κ1) is 20.0. The Balaban J connectivity index is 1.31. The number of rotatable bonds is 0. The van der Waals surface area contributed by atoms with Crippen molar-refractivity contribution in [1.29, 1.82) is 0 Å². The molecule has 166 valence electrons. The van der Waals surface area contributed by atoms with Crippen LogP contribution in [0.5, 0.6) is 0 Å². The fourth-order valence-corrected chi connectivity index (χ4v) is 9.57. The molecule has 2 aliphatic heterocycles. The molecular weight excluding hydrogens is 372 g/mol. The molecule has 30 heavy (non-hydrogen) atoms. The van der Waals surface area contributed by atoms with Gasteiger partial charge in [0.2, 0.25) is 0 Å². The molecule has 1 N–H and O–H groups in total. The Morgan fingerprint density at radius 1 is 1.13 bits per heavy atom. The van der Waals surface area contributed by atoms with Crippen molar-refractivity contribution in [3.63, 3.8) is 0 Å². The second-order valence-corrected chi connectivity index (χ2v) is 12.1. The Morgan fingerprint density at radius 3 is 2.73 bits per heavy atom. The molecule has 10 atom stereocenters. The smallest absolute Gasteiger partial charge is 0.172 e. The van der Waals surface area contributed by atoms with E-state index in [2.05, 4.69) is 33.4 Å². The minimum atomic E-state index is -0.369. The molecule has 0 radical (unpaired) electrons. The van der Waals surface area contributed by atoms with Crippen molar-refractivity contribution in [1.82, 2.24) is 0 Å². The zero-order valence-corrected chi connectivity index (χ0v) is 19.2. The minimum absolute atomic E-state index is 0.0146. The van der Waals surface area contributed by atoms with Crippen LogP contribution in [-0.2, 0) is 9.47 Å². The Bertz CT molecular complexity index is 775. The number of hydrogen-bond donors (Lipinski definition) is 1. The van der Waals surface area contributed by atoms with Crippen LogP contribution in [0, 0.1) is 40.4 Å². The molecule has 2 saturated heterocycles. The molecule has 3 saturated carbocycles. The van der Waals surface area contributed by atoms with Crippen LogP contribution in [0.4, 0.5) is 0 Å². The summed E-state index contributed by atoms with van der Waals surface area (Å²) in [5, 5.41) is 11.1. The summed E-state index contributed by atoms with van der Waals surface area (Å²) in [4.78, 5) is 0. The van der Waals surface area contributed by atoms with Gasteiger partial charge in [-0.2, -0.15) is 0 Å². The largest absolute Gasteiger partial charge is 0.392 e. The van der Waals surface area contributed by atoms with Gasteiger partial charge in [-0.15, -0.1) is 0 Å². The highest BCUT2D eigenvalue weighted by atomic mass is 16.7. The number of aliphatic hydroxyl groups is 1. The number of allylic oxidation sites excluding steroid dienone is 1. The van der Waals surface area contributed by atoms with E-state index in [1.165, 1.54) is 37.7 Å². The van der Waals surface area contributed by atoms with Gasteiger partial charge in [-0.25, -0.2) is 0 Å². The zero-order valence-electron chi connectivity index (χ0n) is 19.2. The Hall–Kier alpha value is -0.640. The van der Waals surface area contributed by atoms with Crippen LogP contribution in [0.1, 0.15) is 78.6 Å². The number of hydrogen-bond acceptors (Lipinski definition) is 3. The first-order valence-electron chi connectivity index (χ1n) is 12.7. The predicted molar refractivity (Wildman–Crippen MR) is 118 cm³/mol. The van der Waals surface area contributed by atoms with Crippen molar-refractivity contribution in [2.75, 3.05) is 6.61 Å². The van der Waals surface area contributed by atoms with Crippen LogP contribution >= 0.6 is 0 Å². The van der Waals surface area contributed by atoms with Gasteiger partial charge in [-0.1, -0.05) is 44.6 Å². The molecular formula is C27H40O3. The lowest BCUT2D eigenvalue weighted by molar-refractivity contribution is -0.255. The number of fused-ring (bicyclic) bond motifs is 7. The second-order valence-electron chi connectivity index (χ2n) is 12.1. The van der Waals surface area contributed by atoms with E-state index in [4.69, 9.17) is 9.47 Å². The van der Waals surface area contributed by atoms with Crippen molar-refractivity contribution in [2.45, 2.75) is 96.6 Å². The van der Waals surface area contributed by atoms with Gasteiger partial charge in [0.15, 0.2) is 5.79 Å². The summed E-state index contributed by atoms with van der Waals surface area (Å²) < 4.78 is 13.2. The molecule has 3 nitrogen and oxygen atoms in total. The van der Waals surface area contributed by atoms with E-state index in [0.29, 0.717) is 47.7 Å². The third kappa shape index (κ3) is 2.38. The summed E-state index contributed by atoms with van der Waals surface area (Å²) in [6.07, 6.45) is 13.1. The number of aliphatic hydroxyl groups excluding tert-OH is 1. The van der Waals surface area contributed by atoms with Crippen molar-refractivity contribution < 1.29 is 14.6 Å². The highest BCUT2D eigenvalue weighted by Gasteiger charge is 2.68. The van der Waals surface area contributed by atoms with Gasteiger partial charge < -0.3 is 14.6 Å². The highest BCUT2D eigenvalue weighted by Crippen LogP contribution is 2.70. The average Bonchev–Trinajstić information content (AvgIpc) is 3.16. The van der Waals surface area contributed by atoms with Crippen LogP contribution in [0.2, 0.25) is 0 Å². The Kier molecular flexibility index (Phi) is 4.30. The van der Waals surface area contributed by atoms with Crippen LogP contribution in [0.3, 0.4) is 0 Å². The first-order chi connectivity index (χ1) is 14.3. The summed E-state index contributed by atoms with van der Waals surface area (Å²) in [7, 11) is 0. The zero-order chi connectivity index (χ0) is 20.9. The van der Waals surface area contributed by atoms with Crippen LogP contribution < -0.4 is 0 Å². The standard InChI is InChI=1S/C27H40O3/c1-16-10-13-27(29-15-16)17(2)24-22(30-27)14-21-19-9-8-18-6-5-7-23(28)26(18,4)20(19)11-12-25(21,24)3/h8,17,19-24,28H,1,5-7,9-15H2,2-4H3/t17-,19+,20-,21-,22-,23+,24-,25-,26-,27+/m0/s1. The summed E-state index contributed by atoms with van der Waals surface area (Å²) in [5.74, 6) is 2.75. The quantitative estimate of drug-likeness (QED) is 0.524. The SMILES string of the molecule is C=C1CC[C@@]2(OC1)O[C@H]1C[C@H]3[C@@H]4CC=C5CCC[C@@H](O)[C@]5(C)[C@H]4CC[C@]3(C)[C@H]1[C@@H]2C. The van der Waals surface area contributed by atoms with Gasteiger partial charge in [-0.05, 0) is 80.5 Å². The molecule has 3 heteroatoms. The summed E-state index contributed by atoms with van der Waals surface area (Å²) in [6, 6.07) is 0. The van der Waals surface area contributed by atoms with E-state index in [9.17, 15) is 5.11 Å². The monoisotopic (exact) mass is 412 g/mol. The Labute approximate surface area is 182 Å². The molecule has 0 bridgehead atoms. The first-order valence-corrected chi connectivity index (χ1v) is 12.7. The van der Waals surface area contributed by atoms with E-state index in [0.717, 1.165) is 25.7 Å². The maximum absolute atomic E-state index is 11.1. The van der Waals surface area contributed by atoms with Crippen molar-refractivity contribution in [2.24, 2.45) is 40.4 Å². The highest BCUT2D eigenvalue weighted by molar-refractivity contribution is 5.27. The van der Waals surface area contributed by atoms with Crippen molar-refractivity contribution in [3.05, 3.63) is 23.8 Å². The van der Waals surface area contributed by atoms with Gasteiger partial charge in [0.05, 0.1) is 18.8 Å². The fraction of sp³-hybridized carbons (Fsp3) is 0.852. The van der Waals surface area contributed by atoms with Gasteiger partial charge in [0.25, 0.3) is 0 Å². The normalized spacial score (nSPS) is 57.4. The minimum Gasteiger partial charge on any atom is -0.392 e. The topological polar surface area (TPSA) is 38.7 Å². The molecule has 5 fully saturated rings. The molecule has 6 rings (SSSR count). The lowest BCUT2D eigenvalue weighted by Crippen LogP contribution is -2.55. The van der Waals surface area contributed by atoms with Gasteiger partial charge in [0.1, 0.15) is 0 Å². The maximum Gasteiger partial charge on any atom is 0.172 e. The Morgan fingerprint density at radius 2 is 1.97 bits per heavy atom. The van der Waals surface area contributed by atoms with E-state index < -0.39 is 0 Å². The van der Waals surface area contributed by atoms with E-state index in [-0.39, 0.29) is 17.3 Å². The molecule has 0 amide bonds. The third-order valence-corrected chi connectivity index (χ3v) is 11.2. The van der Waals surface area contributed by atoms with Crippen LogP contribution in [0.25, 0.3) is 0 Å². The van der Waals surface area contributed by atoms with Crippen LogP contribution in [0.15, 0.2) is 23.8 Å². The van der Waals surface area contributed by atoms with Gasteiger partial charge >= 0.3 is 0 Å². The van der Waals surface area contributed by atoms with Crippen LogP contribution in [-0.4, -0.2) is 29.7 Å². The molecule has 6 aliphatic rings. The summed E-state index contributed by atoms with van der Waals surface area (Å²) in [6.45, 7) is 12.2. The predicted octanol–water partition coefficient (Wildman–Crippen LogP) is 5.63. The second kappa shape index (κ2) is 6.45. The molecule has 2 heterocycles. The summed E-state index contributed by atoms with van der Waals surface area (Å²) >= 11 is 0. The number of ether oxygens (including phenoxy) is 2. The maximum atomic E-state index is 11.1. The fourth-order valence-electron chi connectivity index (χ4n) is 9.57. The van der Waals surface area contributed by atoms with E-state index >= 15 is 0 Å². The van der Waals surface area contributed by atoms with E-state index in [1.54, 1.807) is 5.57 Å². The average molecular weight is 413 g/mol.